The molecule has 30 heavy (non-hydrogen) atoms. The third-order valence-electron chi connectivity index (χ3n) is 5.76. The summed E-state index contributed by atoms with van der Waals surface area (Å²) in [5.74, 6) is 2.08. The van der Waals surface area contributed by atoms with Crippen LogP contribution in [0.1, 0.15) is 30.2 Å². The molecule has 1 amide bonds. The molecule has 5 rings (SSSR count). The smallest absolute Gasteiger partial charge is 0.230 e. The van der Waals surface area contributed by atoms with Crippen molar-refractivity contribution in [1.82, 2.24) is 15.0 Å². The number of benzene rings is 2. The molecule has 0 bridgehead atoms. The molecule has 2 aromatic carbocycles. The first-order valence-corrected chi connectivity index (χ1v) is 11.2. The summed E-state index contributed by atoms with van der Waals surface area (Å²) in [6.07, 6.45) is 2.76. The van der Waals surface area contributed by atoms with Crippen LogP contribution in [0.25, 0.3) is 11.4 Å². The molecule has 1 saturated carbocycles. The van der Waals surface area contributed by atoms with Crippen LogP contribution in [0.2, 0.25) is 0 Å². The van der Waals surface area contributed by atoms with Crippen molar-refractivity contribution in [3.63, 3.8) is 0 Å². The lowest BCUT2D eigenvalue weighted by Gasteiger charge is -2.36. The maximum Gasteiger partial charge on any atom is 0.230 e. The fraction of sp³-hybridized carbons (Fsp3) is 0.348. The van der Waals surface area contributed by atoms with E-state index < -0.39 is 0 Å². The molecule has 154 valence electrons. The molecule has 7 heteroatoms. The zero-order valence-electron chi connectivity index (χ0n) is 16.6. The maximum absolute atomic E-state index is 12.6. The van der Waals surface area contributed by atoms with Crippen molar-refractivity contribution in [2.75, 3.05) is 31.1 Å². The summed E-state index contributed by atoms with van der Waals surface area (Å²) in [5, 5.41) is 4.11. The molecule has 0 atom stereocenters. The maximum atomic E-state index is 12.6. The van der Waals surface area contributed by atoms with Crippen LogP contribution in [0.4, 0.5) is 5.69 Å². The van der Waals surface area contributed by atoms with Gasteiger partial charge < -0.3 is 14.3 Å². The Balaban J connectivity index is 1.17. The van der Waals surface area contributed by atoms with E-state index >= 15 is 0 Å². The van der Waals surface area contributed by atoms with Crippen LogP contribution < -0.4 is 4.90 Å². The number of aromatic nitrogens is 2. The third-order valence-corrected chi connectivity index (χ3v) is 6.29. The van der Waals surface area contributed by atoms with Crippen molar-refractivity contribution in [3.8, 4) is 11.4 Å². The number of anilines is 1. The lowest BCUT2D eigenvalue weighted by Crippen LogP contribution is -2.49. The van der Waals surface area contributed by atoms with Crippen molar-refractivity contribution in [2.24, 2.45) is 0 Å². The Morgan fingerprint density at radius 3 is 2.37 bits per heavy atom. The van der Waals surface area contributed by atoms with Crippen molar-refractivity contribution < 1.29 is 9.32 Å². The second kappa shape index (κ2) is 8.22. The van der Waals surface area contributed by atoms with Crippen LogP contribution in [0.5, 0.6) is 0 Å². The average Bonchev–Trinajstić information content (AvgIpc) is 3.52. The minimum atomic E-state index is 0.191. The SMILES string of the molecule is O=C(Cc1ccc(Br)cc1)N1CCN(c2ccc(-c3noc(C4CC4)n3)cc2)CC1. The Labute approximate surface area is 184 Å². The van der Waals surface area contributed by atoms with E-state index in [-0.39, 0.29) is 5.91 Å². The molecule has 1 aromatic heterocycles. The van der Waals surface area contributed by atoms with E-state index in [1.807, 2.05) is 41.3 Å². The second-order valence-electron chi connectivity index (χ2n) is 7.95. The molecule has 1 aliphatic carbocycles. The highest BCUT2D eigenvalue weighted by Gasteiger charge is 2.29. The van der Waals surface area contributed by atoms with E-state index in [1.54, 1.807) is 0 Å². The Morgan fingerprint density at radius 2 is 1.70 bits per heavy atom. The molecule has 2 aliphatic rings. The van der Waals surface area contributed by atoms with Crippen LogP contribution in [-0.4, -0.2) is 47.1 Å². The Bertz CT molecular complexity index is 1020. The highest BCUT2D eigenvalue weighted by Crippen LogP contribution is 2.39. The first kappa shape index (κ1) is 19.3. The van der Waals surface area contributed by atoms with Gasteiger partial charge in [-0.15, -0.1) is 0 Å². The predicted octanol–water partition coefficient (Wildman–Crippen LogP) is 4.27. The molecule has 2 heterocycles. The normalized spacial score (nSPS) is 16.7. The monoisotopic (exact) mass is 466 g/mol. The number of halogens is 1. The Hall–Kier alpha value is -2.67. The van der Waals surface area contributed by atoms with Crippen molar-refractivity contribution in [2.45, 2.75) is 25.2 Å². The highest BCUT2D eigenvalue weighted by atomic mass is 79.9. The largest absolute Gasteiger partial charge is 0.368 e. The van der Waals surface area contributed by atoms with E-state index in [2.05, 4.69) is 43.1 Å². The summed E-state index contributed by atoms with van der Waals surface area (Å²) in [6.45, 7) is 3.15. The van der Waals surface area contributed by atoms with Crippen LogP contribution in [0.15, 0.2) is 57.5 Å². The summed E-state index contributed by atoms with van der Waals surface area (Å²) in [5.41, 5.74) is 3.18. The molecule has 3 aromatic rings. The first-order valence-electron chi connectivity index (χ1n) is 10.4. The number of amides is 1. The molecule has 1 saturated heterocycles. The zero-order valence-corrected chi connectivity index (χ0v) is 18.2. The Morgan fingerprint density at radius 1 is 1.00 bits per heavy atom. The molecule has 6 nitrogen and oxygen atoms in total. The van der Waals surface area contributed by atoms with Gasteiger partial charge in [-0.3, -0.25) is 4.79 Å². The van der Waals surface area contributed by atoms with Gasteiger partial charge in [-0.25, -0.2) is 0 Å². The summed E-state index contributed by atoms with van der Waals surface area (Å²) in [4.78, 5) is 21.4. The van der Waals surface area contributed by atoms with Gasteiger partial charge >= 0.3 is 0 Å². The van der Waals surface area contributed by atoms with Crippen LogP contribution in [-0.2, 0) is 11.2 Å². The molecule has 2 fully saturated rings. The standard InChI is InChI=1S/C23H23BrN4O2/c24-19-7-1-16(2-8-19)15-21(29)28-13-11-27(12-14-28)20-9-5-17(6-10-20)22-25-23(30-26-22)18-3-4-18/h1-2,5-10,18H,3-4,11-15H2. The van der Waals surface area contributed by atoms with E-state index in [0.29, 0.717) is 18.2 Å². The minimum Gasteiger partial charge on any atom is -0.368 e. The lowest BCUT2D eigenvalue weighted by molar-refractivity contribution is -0.130. The van der Waals surface area contributed by atoms with Crippen LogP contribution in [0.3, 0.4) is 0 Å². The summed E-state index contributed by atoms with van der Waals surface area (Å²) >= 11 is 3.43. The second-order valence-corrected chi connectivity index (χ2v) is 8.86. The molecule has 0 N–H and O–H groups in total. The van der Waals surface area contributed by atoms with Gasteiger partial charge in [0.25, 0.3) is 0 Å². The van der Waals surface area contributed by atoms with E-state index in [9.17, 15) is 4.79 Å². The van der Waals surface area contributed by atoms with Gasteiger partial charge in [0, 0.05) is 47.8 Å². The van der Waals surface area contributed by atoms with Crippen molar-refractivity contribution in [3.05, 3.63) is 64.5 Å². The number of carbonyl (C=O) groups excluding carboxylic acids is 1. The van der Waals surface area contributed by atoms with Crippen molar-refractivity contribution in [1.29, 1.82) is 0 Å². The predicted molar refractivity (Wildman–Crippen MR) is 118 cm³/mol. The van der Waals surface area contributed by atoms with E-state index in [1.165, 1.54) is 0 Å². The zero-order chi connectivity index (χ0) is 20.5. The average molecular weight is 467 g/mol. The van der Waals surface area contributed by atoms with Crippen LogP contribution in [0, 0.1) is 0 Å². The minimum absolute atomic E-state index is 0.191. The first-order chi connectivity index (χ1) is 14.7. The molecular weight excluding hydrogens is 444 g/mol. The Kier molecular flexibility index (Phi) is 5.29. The van der Waals surface area contributed by atoms with Gasteiger partial charge in [0.2, 0.25) is 17.6 Å². The lowest BCUT2D eigenvalue weighted by atomic mass is 10.1. The fourth-order valence-corrected chi connectivity index (χ4v) is 4.04. The number of rotatable bonds is 5. The van der Waals surface area contributed by atoms with Crippen molar-refractivity contribution >= 4 is 27.5 Å². The molecule has 0 radical (unpaired) electrons. The molecule has 0 unspecified atom stereocenters. The van der Waals surface area contributed by atoms with Gasteiger partial charge in [-0.2, -0.15) is 4.98 Å². The third kappa shape index (κ3) is 4.26. The number of piperazine rings is 1. The van der Waals surface area contributed by atoms with E-state index in [4.69, 9.17) is 4.52 Å². The van der Waals surface area contributed by atoms with E-state index in [0.717, 1.165) is 66.2 Å². The molecule has 0 spiro atoms. The molecule has 1 aliphatic heterocycles. The topological polar surface area (TPSA) is 62.5 Å². The number of nitrogens with zero attached hydrogens (tertiary/aromatic N) is 4. The van der Waals surface area contributed by atoms with Crippen LogP contribution >= 0.6 is 15.9 Å². The van der Waals surface area contributed by atoms with Gasteiger partial charge in [-0.05, 0) is 54.8 Å². The van der Waals surface area contributed by atoms with Gasteiger partial charge in [-0.1, -0.05) is 33.2 Å². The van der Waals surface area contributed by atoms with Gasteiger partial charge in [0.05, 0.1) is 6.42 Å². The fourth-order valence-electron chi connectivity index (χ4n) is 3.77. The summed E-state index contributed by atoms with van der Waals surface area (Å²) in [6, 6.07) is 16.2. The summed E-state index contributed by atoms with van der Waals surface area (Å²) < 4.78 is 6.39. The quantitative estimate of drug-likeness (QED) is 0.561. The number of carbonyl (C=O) groups is 1. The number of hydrogen-bond donors (Lipinski definition) is 0. The van der Waals surface area contributed by atoms with Gasteiger partial charge in [0.1, 0.15) is 0 Å². The highest BCUT2D eigenvalue weighted by molar-refractivity contribution is 9.10. The van der Waals surface area contributed by atoms with Gasteiger partial charge in [0.15, 0.2) is 0 Å². The molecular formula is C23H23BrN4O2. The summed E-state index contributed by atoms with van der Waals surface area (Å²) in [7, 11) is 0. The number of hydrogen-bond acceptors (Lipinski definition) is 5.